The predicted octanol–water partition coefficient (Wildman–Crippen LogP) is 3.68. The summed E-state index contributed by atoms with van der Waals surface area (Å²) in [6, 6.07) is 0. The molecule has 0 aliphatic heterocycles. The third-order valence-corrected chi connectivity index (χ3v) is 3.68. The Morgan fingerprint density at radius 1 is 1.14 bits per heavy atom. The minimum Gasteiger partial charge on any atom is -0.391 e. The van der Waals surface area contributed by atoms with Gasteiger partial charge in [0.15, 0.2) is 0 Å². The molecule has 0 aromatic carbocycles. The van der Waals surface area contributed by atoms with Gasteiger partial charge in [-0.25, -0.2) is 0 Å². The zero-order valence-corrected chi connectivity index (χ0v) is 10.7. The van der Waals surface area contributed by atoms with Gasteiger partial charge in [-0.3, -0.25) is 0 Å². The average Bonchev–Trinajstić information content (AvgIpc) is 2.21. The van der Waals surface area contributed by atoms with Crippen LogP contribution >= 0.6 is 23.4 Å². The van der Waals surface area contributed by atoms with Crippen LogP contribution < -0.4 is 0 Å². The molecule has 0 aliphatic carbocycles. The van der Waals surface area contributed by atoms with Crippen molar-refractivity contribution >= 4 is 23.4 Å². The maximum atomic E-state index is 9.18. The summed E-state index contributed by atoms with van der Waals surface area (Å²) < 4.78 is 0. The first-order chi connectivity index (χ1) is 6.81. The van der Waals surface area contributed by atoms with Gasteiger partial charge in [0, 0.05) is 11.6 Å². The van der Waals surface area contributed by atoms with Crippen molar-refractivity contribution in [1.29, 1.82) is 0 Å². The van der Waals surface area contributed by atoms with Gasteiger partial charge >= 0.3 is 0 Å². The zero-order valence-electron chi connectivity index (χ0n) is 9.17. The molecule has 0 aromatic heterocycles. The SMILES string of the molecule is CCCCCCCCSCC(O)CCl. The van der Waals surface area contributed by atoms with Crippen LogP contribution in [0.2, 0.25) is 0 Å². The average molecular weight is 239 g/mol. The quantitative estimate of drug-likeness (QED) is 0.463. The summed E-state index contributed by atoms with van der Waals surface area (Å²) in [5, 5.41) is 9.18. The monoisotopic (exact) mass is 238 g/mol. The van der Waals surface area contributed by atoms with Gasteiger partial charge in [-0.2, -0.15) is 11.8 Å². The second kappa shape index (κ2) is 11.7. The molecular formula is C11H23ClOS. The highest BCUT2D eigenvalue weighted by molar-refractivity contribution is 7.99. The molecule has 14 heavy (non-hydrogen) atoms. The first kappa shape index (κ1) is 14.6. The van der Waals surface area contributed by atoms with Crippen LogP contribution in [0, 0.1) is 0 Å². The van der Waals surface area contributed by atoms with Crippen molar-refractivity contribution in [1.82, 2.24) is 0 Å². The summed E-state index contributed by atoms with van der Waals surface area (Å²) in [6.07, 6.45) is 7.74. The Morgan fingerprint density at radius 3 is 2.43 bits per heavy atom. The lowest BCUT2D eigenvalue weighted by Crippen LogP contribution is -2.11. The molecule has 0 fully saturated rings. The van der Waals surface area contributed by atoms with Crippen LogP contribution in [-0.2, 0) is 0 Å². The largest absolute Gasteiger partial charge is 0.391 e. The Balaban J connectivity index is 2.92. The molecule has 3 heteroatoms. The van der Waals surface area contributed by atoms with Gasteiger partial charge in [0.05, 0.1) is 6.10 Å². The lowest BCUT2D eigenvalue weighted by atomic mass is 10.1. The van der Waals surface area contributed by atoms with Crippen LogP contribution in [0.5, 0.6) is 0 Å². The summed E-state index contributed by atoms with van der Waals surface area (Å²) in [4.78, 5) is 0. The number of hydrogen-bond donors (Lipinski definition) is 1. The summed E-state index contributed by atoms with van der Waals surface area (Å²) in [5.41, 5.74) is 0. The van der Waals surface area contributed by atoms with E-state index in [-0.39, 0.29) is 6.10 Å². The molecule has 0 amide bonds. The Hall–Kier alpha value is 0.600. The van der Waals surface area contributed by atoms with E-state index in [1.807, 2.05) is 11.8 Å². The van der Waals surface area contributed by atoms with Gasteiger partial charge in [0.25, 0.3) is 0 Å². The molecule has 1 N–H and O–H groups in total. The van der Waals surface area contributed by atoms with Gasteiger partial charge in [0.2, 0.25) is 0 Å². The topological polar surface area (TPSA) is 20.2 Å². The van der Waals surface area contributed by atoms with Crippen LogP contribution in [0.25, 0.3) is 0 Å². The molecule has 0 rings (SSSR count). The summed E-state index contributed by atoms with van der Waals surface area (Å²) >= 11 is 7.30. The number of halogens is 1. The molecule has 1 nitrogen and oxygen atoms in total. The number of thioether (sulfide) groups is 1. The van der Waals surface area contributed by atoms with Crippen molar-refractivity contribution in [2.45, 2.75) is 51.6 Å². The van der Waals surface area contributed by atoms with Crippen LogP contribution in [-0.4, -0.2) is 28.6 Å². The Kier molecular flexibility index (Phi) is 12.2. The fourth-order valence-electron chi connectivity index (χ4n) is 1.25. The Morgan fingerprint density at radius 2 is 1.79 bits per heavy atom. The first-order valence-corrected chi connectivity index (χ1v) is 7.32. The van der Waals surface area contributed by atoms with E-state index in [9.17, 15) is 5.11 Å². The van der Waals surface area contributed by atoms with E-state index >= 15 is 0 Å². The van der Waals surface area contributed by atoms with E-state index in [0.717, 1.165) is 5.75 Å². The van der Waals surface area contributed by atoms with E-state index < -0.39 is 0 Å². The minimum absolute atomic E-state index is 0.318. The predicted molar refractivity (Wildman–Crippen MR) is 67.4 cm³/mol. The highest BCUT2D eigenvalue weighted by Crippen LogP contribution is 2.10. The van der Waals surface area contributed by atoms with Crippen LogP contribution in [0.1, 0.15) is 45.4 Å². The van der Waals surface area contributed by atoms with E-state index in [1.54, 1.807) is 0 Å². The molecule has 86 valence electrons. The van der Waals surface area contributed by atoms with Crippen molar-refractivity contribution < 1.29 is 5.11 Å². The number of unbranched alkanes of at least 4 members (excludes halogenated alkanes) is 5. The molecule has 0 saturated carbocycles. The van der Waals surface area contributed by atoms with Crippen molar-refractivity contribution in [3.63, 3.8) is 0 Å². The van der Waals surface area contributed by atoms with Crippen LogP contribution in [0.3, 0.4) is 0 Å². The van der Waals surface area contributed by atoms with Gasteiger partial charge in [0.1, 0.15) is 0 Å². The van der Waals surface area contributed by atoms with E-state index in [4.69, 9.17) is 11.6 Å². The fraction of sp³-hybridized carbons (Fsp3) is 1.00. The lowest BCUT2D eigenvalue weighted by Gasteiger charge is -2.05. The standard InChI is InChI=1S/C11H23ClOS/c1-2-3-4-5-6-7-8-14-10-11(13)9-12/h11,13H,2-10H2,1H3. The molecular weight excluding hydrogens is 216 g/mol. The lowest BCUT2D eigenvalue weighted by molar-refractivity contribution is 0.223. The molecule has 0 heterocycles. The number of aliphatic hydroxyl groups excluding tert-OH is 1. The highest BCUT2D eigenvalue weighted by Gasteiger charge is 2.00. The normalized spacial score (nSPS) is 13.1. The molecule has 1 atom stereocenters. The number of rotatable bonds is 10. The van der Waals surface area contributed by atoms with Gasteiger partial charge in [-0.1, -0.05) is 39.0 Å². The zero-order chi connectivity index (χ0) is 10.6. The molecule has 0 spiro atoms. The molecule has 0 aliphatic rings. The highest BCUT2D eigenvalue weighted by atomic mass is 35.5. The molecule has 0 saturated heterocycles. The van der Waals surface area contributed by atoms with E-state index in [2.05, 4.69) is 6.92 Å². The van der Waals surface area contributed by atoms with E-state index in [1.165, 1.54) is 44.3 Å². The third kappa shape index (κ3) is 10.7. The maximum Gasteiger partial charge on any atom is 0.0765 e. The summed E-state index contributed by atoms with van der Waals surface area (Å²) in [5.74, 6) is 2.32. The van der Waals surface area contributed by atoms with Gasteiger partial charge < -0.3 is 5.11 Å². The molecule has 0 bridgehead atoms. The van der Waals surface area contributed by atoms with E-state index in [0.29, 0.717) is 5.88 Å². The summed E-state index contributed by atoms with van der Waals surface area (Å²) in [7, 11) is 0. The first-order valence-electron chi connectivity index (χ1n) is 5.63. The second-order valence-electron chi connectivity index (χ2n) is 3.65. The third-order valence-electron chi connectivity index (χ3n) is 2.13. The van der Waals surface area contributed by atoms with Crippen LogP contribution in [0.4, 0.5) is 0 Å². The summed E-state index contributed by atoms with van der Waals surface area (Å²) in [6.45, 7) is 2.24. The van der Waals surface area contributed by atoms with Crippen molar-refractivity contribution in [3.05, 3.63) is 0 Å². The van der Waals surface area contributed by atoms with Gasteiger partial charge in [-0.05, 0) is 12.2 Å². The number of alkyl halides is 1. The maximum absolute atomic E-state index is 9.18. The second-order valence-corrected chi connectivity index (χ2v) is 5.11. The Labute approximate surface area is 97.6 Å². The van der Waals surface area contributed by atoms with Crippen molar-refractivity contribution in [3.8, 4) is 0 Å². The smallest absolute Gasteiger partial charge is 0.0765 e. The van der Waals surface area contributed by atoms with Crippen molar-refractivity contribution in [2.75, 3.05) is 17.4 Å². The fourth-order valence-corrected chi connectivity index (χ4v) is 2.45. The van der Waals surface area contributed by atoms with Gasteiger partial charge in [-0.15, -0.1) is 11.6 Å². The van der Waals surface area contributed by atoms with Crippen LogP contribution in [0.15, 0.2) is 0 Å². The minimum atomic E-state index is -0.318. The molecule has 0 aromatic rings. The Bertz CT molecular complexity index is 111. The molecule has 1 unspecified atom stereocenters. The molecule has 0 radical (unpaired) electrons. The number of aliphatic hydroxyl groups is 1. The van der Waals surface area contributed by atoms with Crippen molar-refractivity contribution in [2.24, 2.45) is 0 Å². The number of hydrogen-bond acceptors (Lipinski definition) is 2.